The number of urea groups is 1. The van der Waals surface area contributed by atoms with Gasteiger partial charge in [0.1, 0.15) is 0 Å². The van der Waals surface area contributed by atoms with Gasteiger partial charge in [-0.2, -0.15) is 18.3 Å². The summed E-state index contributed by atoms with van der Waals surface area (Å²) in [5, 5.41) is 16.1. The van der Waals surface area contributed by atoms with E-state index in [4.69, 9.17) is 5.11 Å². The van der Waals surface area contributed by atoms with Crippen LogP contribution in [0.15, 0.2) is 12.4 Å². The zero-order chi connectivity index (χ0) is 16.4. The molecule has 0 saturated heterocycles. The van der Waals surface area contributed by atoms with Crippen molar-refractivity contribution in [1.29, 1.82) is 0 Å². The highest BCUT2D eigenvalue weighted by atomic mass is 19.4. The van der Waals surface area contributed by atoms with Crippen LogP contribution >= 0.6 is 0 Å². The highest BCUT2D eigenvalue weighted by molar-refractivity contribution is 5.94. The van der Waals surface area contributed by atoms with E-state index in [9.17, 15) is 22.8 Å². The monoisotopic (exact) mass is 308 g/mol. The van der Waals surface area contributed by atoms with E-state index in [1.54, 1.807) is 0 Å². The normalized spacial score (nSPS) is 14.6. The number of alkyl halides is 3. The second kappa shape index (κ2) is 5.62. The molecule has 2 amide bonds. The summed E-state index contributed by atoms with van der Waals surface area (Å²) >= 11 is 0. The second-order valence-electron chi connectivity index (χ2n) is 4.81. The highest BCUT2D eigenvalue weighted by Crippen LogP contribution is 2.30. The minimum Gasteiger partial charge on any atom is -0.479 e. The molecule has 0 aliphatic rings. The largest absolute Gasteiger partial charge is 0.479 e. The number of hydrogen-bond donors (Lipinski definition) is 3. The summed E-state index contributed by atoms with van der Waals surface area (Å²) in [6.45, 7) is 4.01. The van der Waals surface area contributed by atoms with Gasteiger partial charge in [0.15, 0.2) is 0 Å². The first-order valence-corrected chi connectivity index (χ1v) is 5.91. The number of carbonyl (C=O) groups excluding carboxylic acids is 1. The van der Waals surface area contributed by atoms with E-state index in [2.05, 4.69) is 10.4 Å². The lowest BCUT2D eigenvalue weighted by atomic mass is 10.0. The van der Waals surface area contributed by atoms with Gasteiger partial charge in [-0.25, -0.2) is 9.59 Å². The van der Waals surface area contributed by atoms with Crippen molar-refractivity contribution >= 4 is 17.7 Å². The van der Waals surface area contributed by atoms with Gasteiger partial charge in [0.25, 0.3) is 0 Å². The number of aliphatic carboxylic acids is 1. The molecule has 1 unspecified atom stereocenters. The number of carboxylic acids is 1. The Labute approximate surface area is 118 Å². The smallest absolute Gasteiger partial charge is 0.422 e. The number of anilines is 1. The van der Waals surface area contributed by atoms with E-state index in [1.807, 2.05) is 13.8 Å². The first-order valence-electron chi connectivity index (χ1n) is 5.91. The van der Waals surface area contributed by atoms with Crippen molar-refractivity contribution in [3.05, 3.63) is 12.4 Å². The minimum atomic E-state index is -5.14. The standard InChI is InChI=1S/C11H15F3N4O3/c1-6(2)18-5-7(4-15-18)16-9(21)17-10(3,8(19)20)11(12,13)14/h4-6H,1-3H3,(H,19,20)(H2,16,17,21). The third-order valence-corrected chi connectivity index (χ3v) is 2.75. The van der Waals surface area contributed by atoms with E-state index in [0.717, 1.165) is 0 Å². The lowest BCUT2D eigenvalue weighted by Gasteiger charge is -2.28. The van der Waals surface area contributed by atoms with Crippen molar-refractivity contribution in [2.45, 2.75) is 38.5 Å². The molecule has 118 valence electrons. The number of aromatic nitrogens is 2. The molecule has 0 saturated carbocycles. The van der Waals surface area contributed by atoms with Gasteiger partial charge in [0.2, 0.25) is 5.54 Å². The molecule has 1 aromatic heterocycles. The average Bonchev–Trinajstić information content (AvgIpc) is 2.75. The minimum absolute atomic E-state index is 0.00284. The molecule has 1 rings (SSSR count). The van der Waals surface area contributed by atoms with Crippen LogP contribution < -0.4 is 10.6 Å². The van der Waals surface area contributed by atoms with Crippen LogP contribution in [-0.2, 0) is 4.79 Å². The fourth-order valence-corrected chi connectivity index (χ4v) is 1.32. The van der Waals surface area contributed by atoms with Crippen LogP contribution in [0.3, 0.4) is 0 Å². The fourth-order valence-electron chi connectivity index (χ4n) is 1.32. The number of nitrogens with one attached hydrogen (secondary N) is 2. The topological polar surface area (TPSA) is 96.2 Å². The number of hydrogen-bond acceptors (Lipinski definition) is 3. The van der Waals surface area contributed by atoms with E-state index < -0.39 is 23.7 Å². The van der Waals surface area contributed by atoms with Crippen molar-refractivity contribution in [2.75, 3.05) is 5.32 Å². The molecule has 1 atom stereocenters. The Morgan fingerprint density at radius 1 is 1.38 bits per heavy atom. The molecule has 0 spiro atoms. The molecule has 0 fully saturated rings. The van der Waals surface area contributed by atoms with Crippen LogP contribution in [0.4, 0.5) is 23.7 Å². The molecule has 0 aliphatic heterocycles. The van der Waals surface area contributed by atoms with Crippen molar-refractivity contribution < 1.29 is 27.9 Å². The molecule has 0 bridgehead atoms. The molecule has 1 aromatic rings. The van der Waals surface area contributed by atoms with E-state index in [0.29, 0.717) is 6.92 Å². The van der Waals surface area contributed by atoms with E-state index in [-0.39, 0.29) is 11.7 Å². The number of halogens is 3. The zero-order valence-corrected chi connectivity index (χ0v) is 11.5. The predicted octanol–water partition coefficient (Wildman–Crippen LogP) is 1.99. The maximum atomic E-state index is 12.7. The first kappa shape index (κ1) is 16.8. The van der Waals surface area contributed by atoms with Gasteiger partial charge in [-0.3, -0.25) is 4.68 Å². The Morgan fingerprint density at radius 3 is 2.33 bits per heavy atom. The number of nitrogens with zero attached hydrogens (tertiary/aromatic N) is 2. The first-order chi connectivity index (χ1) is 9.47. The van der Waals surface area contributed by atoms with Crippen LogP contribution in [0.2, 0.25) is 0 Å². The maximum absolute atomic E-state index is 12.7. The number of carboxylic acid groups (broad SMARTS) is 1. The Kier molecular flexibility index (Phi) is 4.49. The van der Waals surface area contributed by atoms with Gasteiger partial charge in [-0.05, 0) is 20.8 Å². The predicted molar refractivity (Wildman–Crippen MR) is 66.9 cm³/mol. The number of amides is 2. The van der Waals surface area contributed by atoms with Crippen molar-refractivity contribution in [3.8, 4) is 0 Å². The molecular formula is C11H15F3N4O3. The van der Waals surface area contributed by atoms with Crippen LogP contribution in [0.1, 0.15) is 26.8 Å². The van der Waals surface area contributed by atoms with Crippen LogP contribution in [0, 0.1) is 0 Å². The molecular weight excluding hydrogens is 293 g/mol. The lowest BCUT2D eigenvalue weighted by molar-refractivity contribution is -0.203. The molecule has 3 N–H and O–H groups in total. The molecule has 21 heavy (non-hydrogen) atoms. The van der Waals surface area contributed by atoms with Crippen molar-refractivity contribution in [2.24, 2.45) is 0 Å². The summed E-state index contributed by atoms with van der Waals surface area (Å²) in [7, 11) is 0. The van der Waals surface area contributed by atoms with Crippen molar-refractivity contribution in [3.63, 3.8) is 0 Å². The van der Waals surface area contributed by atoms with Crippen molar-refractivity contribution in [1.82, 2.24) is 15.1 Å². The molecule has 10 heteroatoms. The Hall–Kier alpha value is -2.26. The quantitative estimate of drug-likeness (QED) is 0.792. The third-order valence-electron chi connectivity index (χ3n) is 2.75. The molecule has 0 radical (unpaired) electrons. The Bertz CT molecular complexity index is 541. The number of carbonyl (C=O) groups is 2. The summed E-state index contributed by atoms with van der Waals surface area (Å²) < 4.78 is 39.7. The molecule has 0 aliphatic carbocycles. The summed E-state index contributed by atoms with van der Waals surface area (Å²) in [6, 6.07) is -1.29. The van der Waals surface area contributed by atoms with Gasteiger partial charge in [0.05, 0.1) is 11.9 Å². The maximum Gasteiger partial charge on any atom is 0.422 e. The molecule has 1 heterocycles. The lowest BCUT2D eigenvalue weighted by Crippen LogP contribution is -2.62. The highest BCUT2D eigenvalue weighted by Gasteiger charge is 2.58. The summed E-state index contributed by atoms with van der Waals surface area (Å²) in [6.07, 6.45) is -2.49. The number of rotatable bonds is 4. The summed E-state index contributed by atoms with van der Waals surface area (Å²) in [4.78, 5) is 22.3. The third kappa shape index (κ3) is 3.64. The molecule has 7 nitrogen and oxygen atoms in total. The van der Waals surface area contributed by atoms with Gasteiger partial charge in [-0.1, -0.05) is 0 Å². The van der Waals surface area contributed by atoms with Gasteiger partial charge in [0, 0.05) is 12.2 Å². The SMILES string of the molecule is CC(C)n1cc(NC(=O)NC(C)(C(=O)O)C(F)(F)F)cn1. The summed E-state index contributed by atoms with van der Waals surface area (Å²) in [5.74, 6) is -2.21. The second-order valence-corrected chi connectivity index (χ2v) is 4.81. The Balaban J connectivity index is 2.82. The zero-order valence-electron chi connectivity index (χ0n) is 11.5. The molecule has 0 aromatic carbocycles. The summed E-state index contributed by atoms with van der Waals surface area (Å²) in [5.41, 5.74) is -3.23. The van der Waals surface area contributed by atoms with Crippen LogP contribution in [0.25, 0.3) is 0 Å². The fraction of sp³-hybridized carbons (Fsp3) is 0.545. The van der Waals surface area contributed by atoms with Gasteiger partial charge in [-0.15, -0.1) is 0 Å². The van der Waals surface area contributed by atoms with Gasteiger partial charge >= 0.3 is 18.2 Å². The van der Waals surface area contributed by atoms with E-state index >= 15 is 0 Å². The Morgan fingerprint density at radius 2 is 1.95 bits per heavy atom. The van der Waals surface area contributed by atoms with Gasteiger partial charge < -0.3 is 15.7 Å². The van der Waals surface area contributed by atoms with Crippen LogP contribution in [-0.4, -0.2) is 38.6 Å². The van der Waals surface area contributed by atoms with Crippen LogP contribution in [0.5, 0.6) is 0 Å². The average molecular weight is 308 g/mol. The van der Waals surface area contributed by atoms with E-state index in [1.165, 1.54) is 22.4 Å².